The van der Waals surface area contributed by atoms with Crippen molar-refractivity contribution in [3.8, 4) is 11.5 Å². The number of fused-ring (bicyclic) bond motifs is 1. The van der Waals surface area contributed by atoms with E-state index in [9.17, 15) is 0 Å². The van der Waals surface area contributed by atoms with E-state index in [0.29, 0.717) is 6.61 Å². The van der Waals surface area contributed by atoms with Crippen LogP contribution in [0.3, 0.4) is 0 Å². The van der Waals surface area contributed by atoms with Crippen molar-refractivity contribution in [2.45, 2.75) is 58.8 Å². The molecule has 0 N–H and O–H groups in total. The molecule has 3 rings (SSSR count). The van der Waals surface area contributed by atoms with E-state index in [4.69, 9.17) is 26.1 Å². The lowest BCUT2D eigenvalue weighted by molar-refractivity contribution is 0.259. The fourth-order valence-electron chi connectivity index (χ4n) is 3.61. The fraction of sp³-hybridized carbons (Fsp3) is 0.444. The van der Waals surface area contributed by atoms with Gasteiger partial charge in [0.25, 0.3) is 0 Å². The number of unbranched alkanes of at least 4 members (excludes halogenated alkanes) is 4. The molecule has 0 saturated carbocycles. The Morgan fingerprint density at radius 3 is 2.16 bits per heavy atom. The molecule has 0 saturated heterocycles. The fourth-order valence-corrected chi connectivity index (χ4v) is 3.74. The molecular formula is C27H34ClNO2. The minimum atomic E-state index is 0.713. The molecule has 0 amide bonds. The highest BCUT2D eigenvalue weighted by atomic mass is 35.5. The Morgan fingerprint density at radius 2 is 1.52 bits per heavy atom. The smallest absolute Gasteiger partial charge is 0.161 e. The molecule has 0 fully saturated rings. The summed E-state index contributed by atoms with van der Waals surface area (Å²) in [5.74, 6) is 1.70. The summed E-state index contributed by atoms with van der Waals surface area (Å²) >= 11 is 6.00. The van der Waals surface area contributed by atoms with Crippen LogP contribution in [-0.4, -0.2) is 25.5 Å². The molecule has 0 atom stereocenters. The average molecular weight is 440 g/mol. The van der Waals surface area contributed by atoms with E-state index in [1.807, 2.05) is 24.3 Å². The minimum absolute atomic E-state index is 0.713. The molecule has 4 heteroatoms. The summed E-state index contributed by atoms with van der Waals surface area (Å²) < 4.78 is 12.3. The standard InChI is InChI=1S/C27H34ClNO2/c1-3-5-7-17-30-26-19-22-15-16-29-25(14-11-21-9-12-23(28)13-10-21)24(22)20-27(26)31-18-8-6-4-2/h9-14,19-20H,3-8,15-18H2,1-2H3. The number of aliphatic imine (C=N–C) groups is 1. The van der Waals surface area contributed by atoms with E-state index in [1.54, 1.807) is 0 Å². The summed E-state index contributed by atoms with van der Waals surface area (Å²) in [4.78, 5) is 4.78. The third kappa shape index (κ3) is 7.14. The van der Waals surface area contributed by atoms with Crippen LogP contribution in [0.15, 0.2) is 47.5 Å². The first kappa shape index (κ1) is 23.4. The van der Waals surface area contributed by atoms with E-state index in [2.05, 4.69) is 38.1 Å². The minimum Gasteiger partial charge on any atom is -0.490 e. The second-order valence-corrected chi connectivity index (χ2v) is 8.41. The van der Waals surface area contributed by atoms with Gasteiger partial charge in [-0.2, -0.15) is 0 Å². The van der Waals surface area contributed by atoms with Crippen molar-refractivity contribution in [1.29, 1.82) is 0 Å². The van der Waals surface area contributed by atoms with Gasteiger partial charge < -0.3 is 9.47 Å². The van der Waals surface area contributed by atoms with Crippen LogP contribution in [0.2, 0.25) is 5.02 Å². The number of rotatable bonds is 12. The average Bonchev–Trinajstić information content (AvgIpc) is 2.79. The van der Waals surface area contributed by atoms with Crippen LogP contribution in [-0.2, 0) is 6.42 Å². The number of allylic oxidation sites excluding steroid dienone is 1. The zero-order valence-corrected chi connectivity index (χ0v) is 19.6. The van der Waals surface area contributed by atoms with Gasteiger partial charge in [-0.25, -0.2) is 0 Å². The maximum absolute atomic E-state index is 6.17. The Kier molecular flexibility index (Phi) is 9.48. The monoisotopic (exact) mass is 439 g/mol. The molecular weight excluding hydrogens is 406 g/mol. The SMILES string of the molecule is CCCCCOc1cc2c(cc1OCCCCC)C(C=Cc1ccc(Cl)cc1)=NCC2. The second-order valence-electron chi connectivity index (χ2n) is 7.97. The van der Waals surface area contributed by atoms with Crippen molar-refractivity contribution in [3.05, 3.63) is 64.2 Å². The van der Waals surface area contributed by atoms with E-state index in [1.165, 1.54) is 31.2 Å². The summed E-state index contributed by atoms with van der Waals surface area (Å²) in [6.07, 6.45) is 12.0. The van der Waals surface area contributed by atoms with Crippen molar-refractivity contribution in [2.75, 3.05) is 19.8 Å². The summed E-state index contributed by atoms with van der Waals surface area (Å²) in [7, 11) is 0. The Morgan fingerprint density at radius 1 is 0.871 bits per heavy atom. The molecule has 0 unspecified atom stereocenters. The Hall–Kier alpha value is -2.26. The van der Waals surface area contributed by atoms with Gasteiger partial charge in [0.1, 0.15) is 0 Å². The topological polar surface area (TPSA) is 30.8 Å². The maximum Gasteiger partial charge on any atom is 0.161 e. The first-order valence-corrected chi connectivity index (χ1v) is 12.0. The molecule has 1 aliphatic rings. The van der Waals surface area contributed by atoms with E-state index in [0.717, 1.165) is 65.8 Å². The predicted octanol–water partition coefficient (Wildman–Crippen LogP) is 7.54. The largest absolute Gasteiger partial charge is 0.490 e. The number of benzene rings is 2. The highest BCUT2D eigenvalue weighted by Gasteiger charge is 2.18. The maximum atomic E-state index is 6.17. The van der Waals surface area contributed by atoms with Gasteiger partial charge in [-0.3, -0.25) is 4.99 Å². The third-order valence-corrected chi connectivity index (χ3v) is 5.68. The number of nitrogens with zero attached hydrogens (tertiary/aromatic N) is 1. The second kappa shape index (κ2) is 12.6. The van der Waals surface area contributed by atoms with Crippen molar-refractivity contribution in [1.82, 2.24) is 0 Å². The van der Waals surface area contributed by atoms with E-state index >= 15 is 0 Å². The van der Waals surface area contributed by atoms with Crippen molar-refractivity contribution < 1.29 is 9.47 Å². The highest BCUT2D eigenvalue weighted by Crippen LogP contribution is 2.34. The highest BCUT2D eigenvalue weighted by molar-refractivity contribution is 6.30. The predicted molar refractivity (Wildman–Crippen MR) is 132 cm³/mol. The van der Waals surface area contributed by atoms with Gasteiger partial charge in [-0.05, 0) is 60.7 Å². The quantitative estimate of drug-likeness (QED) is 0.320. The molecule has 1 heterocycles. The van der Waals surface area contributed by atoms with Gasteiger partial charge in [0.2, 0.25) is 0 Å². The van der Waals surface area contributed by atoms with Gasteiger partial charge in [-0.1, -0.05) is 69.3 Å². The molecule has 0 aromatic heterocycles. The van der Waals surface area contributed by atoms with Gasteiger partial charge in [0.05, 0.1) is 18.9 Å². The number of hydrogen-bond donors (Lipinski definition) is 0. The third-order valence-electron chi connectivity index (χ3n) is 5.42. The van der Waals surface area contributed by atoms with Gasteiger partial charge in [0, 0.05) is 17.1 Å². The Labute approximate surface area is 192 Å². The first-order valence-electron chi connectivity index (χ1n) is 11.6. The van der Waals surface area contributed by atoms with Gasteiger partial charge in [-0.15, -0.1) is 0 Å². The molecule has 31 heavy (non-hydrogen) atoms. The number of hydrogen-bond acceptors (Lipinski definition) is 3. The van der Waals surface area contributed by atoms with Crippen LogP contribution in [0.1, 0.15) is 69.1 Å². The van der Waals surface area contributed by atoms with Crippen LogP contribution in [0, 0.1) is 0 Å². The summed E-state index contributed by atoms with van der Waals surface area (Å²) in [6.45, 7) is 6.65. The van der Waals surface area contributed by atoms with Crippen LogP contribution in [0.4, 0.5) is 0 Å². The molecule has 1 aliphatic heterocycles. The van der Waals surface area contributed by atoms with Crippen molar-refractivity contribution >= 4 is 23.4 Å². The van der Waals surface area contributed by atoms with Crippen LogP contribution in [0.25, 0.3) is 6.08 Å². The molecule has 2 aromatic rings. The molecule has 166 valence electrons. The first-order chi connectivity index (χ1) is 15.2. The normalized spacial score (nSPS) is 13.2. The molecule has 0 spiro atoms. The lowest BCUT2D eigenvalue weighted by Gasteiger charge is -2.20. The lowest BCUT2D eigenvalue weighted by Crippen LogP contribution is -2.13. The van der Waals surface area contributed by atoms with Gasteiger partial charge >= 0.3 is 0 Å². The molecule has 0 bridgehead atoms. The summed E-state index contributed by atoms with van der Waals surface area (Å²) in [5, 5.41) is 0.744. The molecule has 2 aromatic carbocycles. The van der Waals surface area contributed by atoms with Crippen LogP contribution < -0.4 is 9.47 Å². The van der Waals surface area contributed by atoms with Crippen molar-refractivity contribution in [3.63, 3.8) is 0 Å². The zero-order valence-electron chi connectivity index (χ0n) is 18.8. The van der Waals surface area contributed by atoms with Crippen LogP contribution >= 0.6 is 11.6 Å². The Balaban J connectivity index is 1.81. The summed E-state index contributed by atoms with van der Waals surface area (Å²) in [5.41, 5.74) is 4.51. The Bertz CT molecular complexity index is 887. The molecule has 0 aliphatic carbocycles. The zero-order chi connectivity index (χ0) is 21.9. The van der Waals surface area contributed by atoms with Crippen LogP contribution in [0.5, 0.6) is 11.5 Å². The number of ether oxygens (including phenoxy) is 2. The number of halogens is 1. The van der Waals surface area contributed by atoms with Crippen molar-refractivity contribution in [2.24, 2.45) is 4.99 Å². The van der Waals surface area contributed by atoms with E-state index < -0.39 is 0 Å². The molecule has 3 nitrogen and oxygen atoms in total. The van der Waals surface area contributed by atoms with E-state index in [-0.39, 0.29) is 0 Å². The molecule has 0 radical (unpaired) electrons. The van der Waals surface area contributed by atoms with Gasteiger partial charge in [0.15, 0.2) is 11.5 Å². The lowest BCUT2D eigenvalue weighted by atomic mass is 9.96. The summed E-state index contributed by atoms with van der Waals surface area (Å²) in [6, 6.07) is 12.1.